The van der Waals surface area contributed by atoms with Crippen LogP contribution in [0.5, 0.6) is 0 Å². The summed E-state index contributed by atoms with van der Waals surface area (Å²) in [6.45, 7) is 1.77. The van der Waals surface area contributed by atoms with Gasteiger partial charge in [0.25, 0.3) is 0 Å². The molecule has 0 radical (unpaired) electrons. The molecular weight excluding hydrogens is 227 g/mol. The lowest BCUT2D eigenvalue weighted by atomic mass is 10.0. The van der Waals surface area contributed by atoms with E-state index >= 15 is 0 Å². The summed E-state index contributed by atoms with van der Waals surface area (Å²) in [6, 6.07) is 8.74. The third-order valence-electron chi connectivity index (χ3n) is 2.51. The number of hydrogen-bond donors (Lipinski definition) is 0. The topological polar surface area (TPSA) is 12.9 Å². The van der Waals surface area contributed by atoms with Gasteiger partial charge in [0, 0.05) is 17.5 Å². The first-order valence-corrected chi connectivity index (χ1v) is 5.08. The van der Waals surface area contributed by atoms with Crippen molar-refractivity contribution in [3.63, 3.8) is 0 Å². The minimum Gasteiger partial charge on any atom is -0.261 e. The first-order valence-electron chi connectivity index (χ1n) is 5.08. The number of pyridine rings is 1. The van der Waals surface area contributed by atoms with Crippen molar-refractivity contribution in [2.24, 2.45) is 0 Å². The van der Waals surface area contributed by atoms with Crippen molar-refractivity contribution in [1.82, 2.24) is 4.98 Å². The van der Waals surface area contributed by atoms with E-state index < -0.39 is 11.7 Å². The maximum absolute atomic E-state index is 12.6. The van der Waals surface area contributed by atoms with Gasteiger partial charge in [0.1, 0.15) is 0 Å². The zero-order valence-electron chi connectivity index (χ0n) is 9.12. The fraction of sp³-hybridized carbons (Fsp3) is 0.154. The quantitative estimate of drug-likeness (QED) is 0.728. The van der Waals surface area contributed by atoms with Gasteiger partial charge in [-0.05, 0) is 30.7 Å². The maximum atomic E-state index is 12.6. The normalized spacial score (nSPS) is 11.5. The van der Waals surface area contributed by atoms with Crippen LogP contribution in [0.1, 0.15) is 11.3 Å². The molecule has 2 aromatic rings. The fourth-order valence-corrected chi connectivity index (χ4v) is 1.65. The van der Waals surface area contributed by atoms with Crippen LogP contribution in [0, 0.1) is 6.92 Å². The molecule has 4 heteroatoms. The van der Waals surface area contributed by atoms with E-state index in [1.165, 1.54) is 6.07 Å². The molecule has 0 aliphatic rings. The van der Waals surface area contributed by atoms with E-state index in [4.69, 9.17) is 0 Å². The van der Waals surface area contributed by atoms with Gasteiger partial charge in [-0.3, -0.25) is 4.98 Å². The lowest BCUT2D eigenvalue weighted by Gasteiger charge is -2.09. The number of alkyl halides is 3. The van der Waals surface area contributed by atoms with Gasteiger partial charge in [0.15, 0.2) is 0 Å². The molecule has 17 heavy (non-hydrogen) atoms. The number of halogens is 3. The fourth-order valence-electron chi connectivity index (χ4n) is 1.65. The van der Waals surface area contributed by atoms with E-state index in [0.717, 1.165) is 17.7 Å². The van der Waals surface area contributed by atoms with Gasteiger partial charge in [-0.2, -0.15) is 13.2 Å². The number of hydrogen-bond acceptors (Lipinski definition) is 1. The molecule has 0 N–H and O–H groups in total. The van der Waals surface area contributed by atoms with Crippen molar-refractivity contribution < 1.29 is 13.2 Å². The van der Waals surface area contributed by atoms with Crippen molar-refractivity contribution in [2.45, 2.75) is 13.1 Å². The first kappa shape index (κ1) is 11.6. The molecule has 0 atom stereocenters. The summed E-state index contributed by atoms with van der Waals surface area (Å²) >= 11 is 0. The van der Waals surface area contributed by atoms with Crippen LogP contribution in [0.15, 0.2) is 42.6 Å². The maximum Gasteiger partial charge on any atom is 0.416 e. The van der Waals surface area contributed by atoms with Crippen molar-refractivity contribution in [3.8, 4) is 11.1 Å². The Kier molecular flexibility index (Phi) is 2.88. The second-order valence-electron chi connectivity index (χ2n) is 3.71. The molecule has 1 heterocycles. The second-order valence-corrected chi connectivity index (χ2v) is 3.71. The number of rotatable bonds is 1. The Morgan fingerprint density at radius 1 is 1.06 bits per heavy atom. The van der Waals surface area contributed by atoms with E-state index in [0.29, 0.717) is 11.3 Å². The first-order chi connectivity index (χ1) is 7.98. The van der Waals surface area contributed by atoms with Gasteiger partial charge in [-0.25, -0.2) is 0 Å². The molecular formula is C13H10F3N. The predicted molar refractivity (Wildman–Crippen MR) is 59.4 cm³/mol. The van der Waals surface area contributed by atoms with Crippen molar-refractivity contribution >= 4 is 0 Å². The summed E-state index contributed by atoms with van der Waals surface area (Å²) < 4.78 is 37.7. The van der Waals surface area contributed by atoms with Crippen LogP contribution in [-0.2, 0) is 6.18 Å². The summed E-state index contributed by atoms with van der Waals surface area (Å²) in [5.74, 6) is 0. The summed E-state index contributed by atoms with van der Waals surface area (Å²) in [4.78, 5) is 4.07. The Hall–Kier alpha value is -1.84. The highest BCUT2D eigenvalue weighted by atomic mass is 19.4. The molecule has 1 aromatic carbocycles. The number of aromatic nitrogens is 1. The van der Waals surface area contributed by atoms with Crippen LogP contribution < -0.4 is 0 Å². The van der Waals surface area contributed by atoms with E-state index in [9.17, 15) is 13.2 Å². The van der Waals surface area contributed by atoms with Crippen molar-refractivity contribution in [1.29, 1.82) is 0 Å². The molecule has 0 unspecified atom stereocenters. The van der Waals surface area contributed by atoms with Crippen molar-refractivity contribution in [3.05, 3.63) is 53.9 Å². The molecule has 0 saturated carbocycles. The van der Waals surface area contributed by atoms with Crippen LogP contribution in [0.4, 0.5) is 13.2 Å². The standard InChI is InChI=1S/C13H10F3N/c1-9-12(6-3-7-17-9)10-4-2-5-11(8-10)13(14,15)16/h2-8H,1H3. The minimum absolute atomic E-state index is 0.533. The zero-order valence-corrected chi connectivity index (χ0v) is 9.12. The van der Waals surface area contributed by atoms with Crippen LogP contribution in [0.25, 0.3) is 11.1 Å². The minimum atomic E-state index is -4.31. The molecule has 0 spiro atoms. The number of benzene rings is 1. The molecule has 1 nitrogen and oxygen atoms in total. The van der Waals surface area contributed by atoms with Gasteiger partial charge < -0.3 is 0 Å². The lowest BCUT2D eigenvalue weighted by molar-refractivity contribution is -0.137. The Labute approximate surface area is 96.9 Å². The van der Waals surface area contributed by atoms with Gasteiger partial charge >= 0.3 is 6.18 Å². The second kappa shape index (κ2) is 4.20. The van der Waals surface area contributed by atoms with E-state index in [2.05, 4.69) is 4.98 Å². The summed E-state index contributed by atoms with van der Waals surface area (Å²) in [6.07, 6.45) is -2.70. The average Bonchev–Trinajstić information content (AvgIpc) is 2.29. The SMILES string of the molecule is Cc1ncccc1-c1cccc(C(F)(F)F)c1. The van der Waals surface area contributed by atoms with Crippen LogP contribution in [-0.4, -0.2) is 4.98 Å². The van der Waals surface area contributed by atoms with E-state index in [-0.39, 0.29) is 0 Å². The lowest BCUT2D eigenvalue weighted by Crippen LogP contribution is -2.04. The Morgan fingerprint density at radius 2 is 1.82 bits per heavy atom. The third-order valence-corrected chi connectivity index (χ3v) is 2.51. The van der Waals surface area contributed by atoms with Gasteiger partial charge in [-0.15, -0.1) is 0 Å². The Balaban J connectivity index is 2.51. The monoisotopic (exact) mass is 237 g/mol. The third kappa shape index (κ3) is 2.46. The van der Waals surface area contributed by atoms with Gasteiger partial charge in [0.2, 0.25) is 0 Å². The molecule has 0 fully saturated rings. The largest absolute Gasteiger partial charge is 0.416 e. The molecule has 2 rings (SSSR count). The average molecular weight is 237 g/mol. The van der Waals surface area contributed by atoms with E-state index in [1.807, 2.05) is 0 Å². The van der Waals surface area contributed by atoms with Crippen LogP contribution >= 0.6 is 0 Å². The zero-order chi connectivity index (χ0) is 12.5. The molecule has 0 bridgehead atoms. The molecule has 0 aliphatic heterocycles. The summed E-state index contributed by atoms with van der Waals surface area (Å²) in [7, 11) is 0. The summed E-state index contributed by atoms with van der Waals surface area (Å²) in [5.41, 5.74) is 1.33. The Morgan fingerprint density at radius 3 is 2.47 bits per heavy atom. The molecule has 0 aliphatic carbocycles. The smallest absolute Gasteiger partial charge is 0.261 e. The molecule has 1 aromatic heterocycles. The van der Waals surface area contributed by atoms with Gasteiger partial charge in [0.05, 0.1) is 5.56 Å². The predicted octanol–water partition coefficient (Wildman–Crippen LogP) is 4.08. The highest BCUT2D eigenvalue weighted by Crippen LogP contribution is 2.32. The van der Waals surface area contributed by atoms with Crippen LogP contribution in [0.3, 0.4) is 0 Å². The number of nitrogens with zero attached hydrogens (tertiary/aromatic N) is 1. The summed E-state index contributed by atoms with van der Waals surface area (Å²) in [5, 5.41) is 0. The van der Waals surface area contributed by atoms with Crippen LogP contribution in [0.2, 0.25) is 0 Å². The Bertz CT molecular complexity index is 532. The van der Waals surface area contributed by atoms with E-state index in [1.54, 1.807) is 31.3 Å². The highest BCUT2D eigenvalue weighted by molar-refractivity contribution is 5.66. The van der Waals surface area contributed by atoms with Gasteiger partial charge in [-0.1, -0.05) is 18.2 Å². The molecule has 0 saturated heterocycles. The van der Waals surface area contributed by atoms with Crippen molar-refractivity contribution in [2.75, 3.05) is 0 Å². The molecule has 88 valence electrons. The molecule has 0 amide bonds. The highest BCUT2D eigenvalue weighted by Gasteiger charge is 2.30. The number of aryl methyl sites for hydroxylation is 1.